The normalized spacial score (nSPS) is 9.74. The van der Waals surface area contributed by atoms with E-state index in [2.05, 4.69) is 11.9 Å². The van der Waals surface area contributed by atoms with Crippen LogP contribution in [0.1, 0.15) is 11.1 Å². The summed E-state index contributed by atoms with van der Waals surface area (Å²) in [7, 11) is 0. The van der Waals surface area contributed by atoms with Gasteiger partial charge in [0.25, 0.3) is 0 Å². The number of hydrogen-bond acceptors (Lipinski definition) is 4. The van der Waals surface area contributed by atoms with E-state index in [1.54, 1.807) is 24.3 Å². The number of nitrogens with one attached hydrogen (secondary N) is 1. The van der Waals surface area contributed by atoms with Crippen molar-refractivity contribution in [3.8, 4) is 0 Å². The monoisotopic (exact) mass is 311 g/mol. The first-order valence-electron chi connectivity index (χ1n) is 7.03. The van der Waals surface area contributed by atoms with E-state index in [1.807, 2.05) is 30.3 Å². The fourth-order valence-electron chi connectivity index (χ4n) is 1.77. The topological polar surface area (TPSA) is 64.6 Å². The zero-order valence-corrected chi connectivity index (χ0v) is 12.5. The number of amides is 1. The Bertz CT molecular complexity index is 665. The van der Waals surface area contributed by atoms with E-state index in [-0.39, 0.29) is 13.2 Å². The van der Waals surface area contributed by atoms with Crippen molar-refractivity contribution in [2.75, 3.05) is 5.32 Å². The molecule has 0 radical (unpaired) electrons. The number of anilines is 1. The molecular formula is C18H17NO4. The zero-order valence-electron chi connectivity index (χ0n) is 12.5. The van der Waals surface area contributed by atoms with Gasteiger partial charge in [0.1, 0.15) is 13.2 Å². The van der Waals surface area contributed by atoms with Crippen LogP contribution in [0.5, 0.6) is 0 Å². The summed E-state index contributed by atoms with van der Waals surface area (Å²) in [5.74, 6) is -0.475. The van der Waals surface area contributed by atoms with Crippen LogP contribution in [0.4, 0.5) is 10.5 Å². The summed E-state index contributed by atoms with van der Waals surface area (Å²) in [6, 6.07) is 16.4. The number of carbonyl (C=O) groups excluding carboxylic acids is 2. The number of ether oxygens (including phenoxy) is 2. The van der Waals surface area contributed by atoms with Crippen LogP contribution in [0.15, 0.2) is 67.3 Å². The van der Waals surface area contributed by atoms with E-state index < -0.39 is 12.1 Å². The third kappa shape index (κ3) is 5.67. The molecule has 5 nitrogen and oxygen atoms in total. The Hall–Kier alpha value is -3.08. The summed E-state index contributed by atoms with van der Waals surface area (Å²) in [4.78, 5) is 22.7. The van der Waals surface area contributed by atoms with Gasteiger partial charge in [0.2, 0.25) is 0 Å². The van der Waals surface area contributed by atoms with Crippen LogP contribution >= 0.6 is 0 Å². The lowest BCUT2D eigenvalue weighted by molar-refractivity contribution is -0.138. The molecule has 0 atom stereocenters. The van der Waals surface area contributed by atoms with E-state index >= 15 is 0 Å². The maximum absolute atomic E-state index is 11.7. The summed E-state index contributed by atoms with van der Waals surface area (Å²) >= 11 is 0. The molecule has 0 aliphatic carbocycles. The maximum atomic E-state index is 11.7. The first-order chi connectivity index (χ1) is 11.2. The van der Waals surface area contributed by atoms with Crippen molar-refractivity contribution in [2.24, 2.45) is 0 Å². The molecule has 2 rings (SSSR count). The van der Waals surface area contributed by atoms with Crippen molar-refractivity contribution in [1.29, 1.82) is 0 Å². The second-order valence-electron chi connectivity index (χ2n) is 4.70. The molecule has 5 heteroatoms. The summed E-state index contributed by atoms with van der Waals surface area (Å²) < 4.78 is 10.0. The minimum atomic E-state index is -0.528. The minimum Gasteiger partial charge on any atom is -0.458 e. The quantitative estimate of drug-likeness (QED) is 0.653. The van der Waals surface area contributed by atoms with E-state index in [0.29, 0.717) is 5.69 Å². The Morgan fingerprint density at radius 3 is 2.17 bits per heavy atom. The smallest absolute Gasteiger partial charge is 0.411 e. The van der Waals surface area contributed by atoms with Crippen molar-refractivity contribution in [3.05, 3.63) is 78.4 Å². The Morgan fingerprint density at radius 1 is 0.913 bits per heavy atom. The molecule has 0 fully saturated rings. The lowest BCUT2D eigenvalue weighted by Gasteiger charge is -2.08. The molecule has 118 valence electrons. The molecule has 2 aromatic rings. The Labute approximate surface area is 134 Å². The zero-order chi connectivity index (χ0) is 16.5. The second kappa shape index (κ2) is 8.38. The minimum absolute atomic E-state index is 0.156. The van der Waals surface area contributed by atoms with Gasteiger partial charge in [-0.05, 0) is 23.3 Å². The van der Waals surface area contributed by atoms with Crippen molar-refractivity contribution in [3.63, 3.8) is 0 Å². The van der Waals surface area contributed by atoms with Gasteiger partial charge in [0.15, 0.2) is 0 Å². The first-order valence-corrected chi connectivity index (χ1v) is 7.03. The molecule has 0 unspecified atom stereocenters. The molecule has 0 saturated heterocycles. The molecule has 0 aliphatic heterocycles. The van der Waals surface area contributed by atoms with Crippen LogP contribution in [0.3, 0.4) is 0 Å². The van der Waals surface area contributed by atoms with E-state index in [9.17, 15) is 9.59 Å². The van der Waals surface area contributed by atoms with Gasteiger partial charge in [-0.3, -0.25) is 5.32 Å². The van der Waals surface area contributed by atoms with Crippen LogP contribution in [0, 0.1) is 0 Å². The molecule has 2 aromatic carbocycles. The molecule has 0 aliphatic rings. The van der Waals surface area contributed by atoms with Crippen LogP contribution in [-0.4, -0.2) is 12.1 Å². The summed E-state index contributed by atoms with van der Waals surface area (Å²) in [6.45, 7) is 3.69. The average Bonchev–Trinajstić information content (AvgIpc) is 2.60. The Kier molecular flexibility index (Phi) is 5.94. The lowest BCUT2D eigenvalue weighted by atomic mass is 10.2. The average molecular weight is 311 g/mol. The van der Waals surface area contributed by atoms with Crippen LogP contribution in [0.25, 0.3) is 0 Å². The van der Waals surface area contributed by atoms with Gasteiger partial charge < -0.3 is 9.47 Å². The highest BCUT2D eigenvalue weighted by Gasteiger charge is 2.04. The third-order valence-corrected chi connectivity index (χ3v) is 2.96. The number of benzene rings is 2. The largest absolute Gasteiger partial charge is 0.458 e. The number of carbonyl (C=O) groups is 2. The Balaban J connectivity index is 1.79. The fourth-order valence-corrected chi connectivity index (χ4v) is 1.77. The van der Waals surface area contributed by atoms with Gasteiger partial charge in [-0.1, -0.05) is 49.0 Å². The SMILES string of the molecule is C=CC(=O)OCc1ccc(NC(=O)OCc2ccccc2)cc1. The maximum Gasteiger partial charge on any atom is 0.411 e. The fraction of sp³-hybridized carbons (Fsp3) is 0.111. The molecule has 0 saturated carbocycles. The summed E-state index contributed by atoms with van der Waals surface area (Å²) in [6.07, 6.45) is 0.582. The second-order valence-corrected chi connectivity index (χ2v) is 4.70. The molecule has 23 heavy (non-hydrogen) atoms. The lowest BCUT2D eigenvalue weighted by Crippen LogP contribution is -2.13. The molecule has 0 heterocycles. The van der Waals surface area contributed by atoms with Crippen LogP contribution < -0.4 is 5.32 Å². The van der Waals surface area contributed by atoms with Crippen molar-refractivity contribution in [1.82, 2.24) is 0 Å². The van der Waals surface area contributed by atoms with Crippen LogP contribution in [0.2, 0.25) is 0 Å². The van der Waals surface area contributed by atoms with Gasteiger partial charge in [0.05, 0.1) is 0 Å². The van der Waals surface area contributed by atoms with Gasteiger partial charge in [0, 0.05) is 11.8 Å². The third-order valence-electron chi connectivity index (χ3n) is 2.96. The van der Waals surface area contributed by atoms with E-state index in [0.717, 1.165) is 17.2 Å². The summed E-state index contributed by atoms with van der Waals surface area (Å²) in [5, 5.41) is 2.63. The Morgan fingerprint density at radius 2 is 1.52 bits per heavy atom. The first kappa shape index (κ1) is 16.3. The van der Waals surface area contributed by atoms with Crippen LogP contribution in [-0.2, 0) is 27.5 Å². The van der Waals surface area contributed by atoms with Gasteiger partial charge in [-0.25, -0.2) is 9.59 Å². The highest BCUT2D eigenvalue weighted by molar-refractivity contribution is 5.84. The van der Waals surface area contributed by atoms with Gasteiger partial charge in [-0.2, -0.15) is 0 Å². The van der Waals surface area contributed by atoms with E-state index in [1.165, 1.54) is 0 Å². The van der Waals surface area contributed by atoms with Crippen molar-refractivity contribution >= 4 is 17.7 Å². The number of esters is 1. The molecule has 1 amide bonds. The van der Waals surface area contributed by atoms with Crippen molar-refractivity contribution in [2.45, 2.75) is 13.2 Å². The predicted molar refractivity (Wildman–Crippen MR) is 86.7 cm³/mol. The summed E-state index contributed by atoms with van der Waals surface area (Å²) in [5.41, 5.74) is 2.33. The van der Waals surface area contributed by atoms with Gasteiger partial charge >= 0.3 is 12.1 Å². The predicted octanol–water partition coefficient (Wildman–Crippen LogP) is 3.66. The molecule has 0 aromatic heterocycles. The molecule has 0 bridgehead atoms. The molecule has 1 N–H and O–H groups in total. The van der Waals surface area contributed by atoms with E-state index in [4.69, 9.17) is 9.47 Å². The highest BCUT2D eigenvalue weighted by atomic mass is 16.5. The van der Waals surface area contributed by atoms with Crippen molar-refractivity contribution < 1.29 is 19.1 Å². The molecular weight excluding hydrogens is 294 g/mol. The standard InChI is InChI=1S/C18H17NO4/c1-2-17(20)22-12-15-8-10-16(11-9-15)19-18(21)23-13-14-6-4-3-5-7-14/h2-11H,1,12-13H2,(H,19,21). The highest BCUT2D eigenvalue weighted by Crippen LogP contribution is 2.11. The number of hydrogen-bond donors (Lipinski definition) is 1. The number of rotatable bonds is 6. The molecule has 0 spiro atoms. The van der Waals surface area contributed by atoms with Gasteiger partial charge in [-0.15, -0.1) is 0 Å².